The van der Waals surface area contributed by atoms with E-state index in [0.717, 1.165) is 11.8 Å². The number of aromatic nitrogens is 1. The van der Waals surface area contributed by atoms with Gasteiger partial charge < -0.3 is 4.57 Å². The van der Waals surface area contributed by atoms with Gasteiger partial charge in [0.15, 0.2) is 0 Å². The molecule has 3 rings (SSSR count). The molecule has 1 heteroatoms. The minimum Gasteiger partial charge on any atom is -0.347 e. The summed E-state index contributed by atoms with van der Waals surface area (Å²) in [7, 11) is 0. The van der Waals surface area contributed by atoms with Gasteiger partial charge in [-0.1, -0.05) is 50.7 Å². The average Bonchev–Trinajstić information content (AvgIpc) is 3.04. The molecule has 2 saturated carbocycles. The molecule has 1 nitrogen and oxygen atoms in total. The van der Waals surface area contributed by atoms with E-state index >= 15 is 0 Å². The van der Waals surface area contributed by atoms with E-state index in [4.69, 9.17) is 0 Å². The Morgan fingerprint density at radius 1 is 0.800 bits per heavy atom. The third-order valence-electron chi connectivity index (χ3n) is 5.33. The van der Waals surface area contributed by atoms with E-state index in [-0.39, 0.29) is 0 Å². The van der Waals surface area contributed by atoms with Crippen molar-refractivity contribution in [3.05, 3.63) is 36.7 Å². The highest BCUT2D eigenvalue weighted by Gasteiger charge is 2.23. The van der Waals surface area contributed by atoms with E-state index in [0.29, 0.717) is 6.04 Å². The number of hydrogen-bond donors (Lipinski definition) is 0. The molecule has 1 heterocycles. The van der Waals surface area contributed by atoms with Gasteiger partial charge in [-0.25, -0.2) is 0 Å². The van der Waals surface area contributed by atoms with E-state index in [1.165, 1.54) is 64.2 Å². The van der Waals surface area contributed by atoms with Crippen LogP contribution in [-0.2, 0) is 0 Å². The molecular formula is C19H29N. The van der Waals surface area contributed by atoms with E-state index in [1.54, 1.807) is 0 Å². The summed E-state index contributed by atoms with van der Waals surface area (Å²) in [5.41, 5.74) is 0. The van der Waals surface area contributed by atoms with Gasteiger partial charge in [0.2, 0.25) is 0 Å². The van der Waals surface area contributed by atoms with Crippen LogP contribution in [0.25, 0.3) is 0 Å². The van der Waals surface area contributed by atoms with Crippen molar-refractivity contribution in [3.8, 4) is 0 Å². The third kappa shape index (κ3) is 3.56. The van der Waals surface area contributed by atoms with Gasteiger partial charge in [0, 0.05) is 12.4 Å². The lowest BCUT2D eigenvalue weighted by atomic mass is 9.82. The number of rotatable bonds is 4. The summed E-state index contributed by atoms with van der Waals surface area (Å²) in [5.74, 6) is 1.71. The molecule has 0 N–H and O–H groups in total. The minimum absolute atomic E-state index is 0.604. The summed E-state index contributed by atoms with van der Waals surface area (Å²) >= 11 is 0. The largest absolute Gasteiger partial charge is 0.347 e. The first-order chi connectivity index (χ1) is 9.93. The summed E-state index contributed by atoms with van der Waals surface area (Å²) in [5, 5.41) is 0. The van der Waals surface area contributed by atoms with Crippen molar-refractivity contribution in [1.29, 1.82) is 0 Å². The average molecular weight is 271 g/mol. The zero-order valence-electron chi connectivity index (χ0n) is 12.7. The molecule has 2 aliphatic carbocycles. The third-order valence-corrected chi connectivity index (χ3v) is 5.33. The maximum Gasteiger partial charge on any atom is 0.0538 e. The molecule has 1 aromatic rings. The number of hydrogen-bond acceptors (Lipinski definition) is 0. The summed E-state index contributed by atoms with van der Waals surface area (Å²) in [4.78, 5) is 0. The van der Waals surface area contributed by atoms with Gasteiger partial charge in [0.1, 0.15) is 0 Å². The van der Waals surface area contributed by atoms with Gasteiger partial charge in [-0.3, -0.25) is 0 Å². The van der Waals surface area contributed by atoms with Crippen LogP contribution in [-0.4, -0.2) is 4.57 Å². The lowest BCUT2D eigenvalue weighted by Gasteiger charge is -2.30. The van der Waals surface area contributed by atoms with Crippen molar-refractivity contribution in [3.63, 3.8) is 0 Å². The summed E-state index contributed by atoms with van der Waals surface area (Å²) in [6.07, 6.45) is 23.9. The normalized spacial score (nSPS) is 24.2. The zero-order chi connectivity index (χ0) is 13.6. The predicted molar refractivity (Wildman–Crippen MR) is 85.8 cm³/mol. The second kappa shape index (κ2) is 7.15. The smallest absolute Gasteiger partial charge is 0.0538 e. The van der Waals surface area contributed by atoms with Crippen LogP contribution in [0.4, 0.5) is 0 Å². The number of nitrogens with zero attached hydrogens (tertiary/aromatic N) is 1. The minimum atomic E-state index is 0.604. The molecule has 1 atom stereocenters. The SMILES string of the molecule is C(=C\C(C1CCCCC1)n1cccc1)/C1CCCCC1. The van der Waals surface area contributed by atoms with Crippen molar-refractivity contribution < 1.29 is 0 Å². The summed E-state index contributed by atoms with van der Waals surface area (Å²) < 4.78 is 2.44. The Kier molecular flexibility index (Phi) is 5.00. The molecule has 0 amide bonds. The Bertz CT molecular complexity index is 391. The highest BCUT2D eigenvalue weighted by molar-refractivity contribution is 5.04. The molecule has 0 radical (unpaired) electrons. The molecule has 20 heavy (non-hydrogen) atoms. The summed E-state index contributed by atoms with van der Waals surface area (Å²) in [6, 6.07) is 4.95. The maximum atomic E-state index is 2.55. The molecule has 110 valence electrons. The summed E-state index contributed by atoms with van der Waals surface area (Å²) in [6.45, 7) is 0. The molecule has 0 bridgehead atoms. The van der Waals surface area contributed by atoms with Crippen LogP contribution >= 0.6 is 0 Å². The Morgan fingerprint density at radius 2 is 1.40 bits per heavy atom. The van der Waals surface area contributed by atoms with Gasteiger partial charge in [0.05, 0.1) is 6.04 Å². The second-order valence-corrected chi connectivity index (χ2v) is 6.80. The highest BCUT2D eigenvalue weighted by atomic mass is 15.0. The van der Waals surface area contributed by atoms with Crippen LogP contribution in [0.3, 0.4) is 0 Å². The lowest BCUT2D eigenvalue weighted by molar-refractivity contribution is 0.284. The fourth-order valence-electron chi connectivity index (χ4n) is 4.12. The standard InChI is InChI=1S/C19H29N/c1-3-9-17(10-4-1)13-14-19(20-15-7-8-16-20)18-11-5-2-6-12-18/h7-8,13-19H,1-6,9-12H2/b14-13+. The van der Waals surface area contributed by atoms with Gasteiger partial charge in [-0.15, -0.1) is 0 Å². The zero-order valence-corrected chi connectivity index (χ0v) is 12.7. The predicted octanol–water partition coefficient (Wildman–Crippen LogP) is 5.75. The molecule has 1 unspecified atom stereocenters. The molecule has 2 fully saturated rings. The van der Waals surface area contributed by atoms with Crippen molar-refractivity contribution in [2.75, 3.05) is 0 Å². The van der Waals surface area contributed by atoms with E-state index in [1.807, 2.05) is 0 Å². The van der Waals surface area contributed by atoms with E-state index in [2.05, 4.69) is 41.2 Å². The van der Waals surface area contributed by atoms with Gasteiger partial charge >= 0.3 is 0 Å². The molecule has 0 aromatic carbocycles. The Hall–Kier alpha value is -0.980. The topological polar surface area (TPSA) is 4.93 Å². The van der Waals surface area contributed by atoms with Crippen LogP contribution in [0.15, 0.2) is 36.7 Å². The fraction of sp³-hybridized carbons (Fsp3) is 0.684. The molecule has 0 aliphatic heterocycles. The fourth-order valence-corrected chi connectivity index (χ4v) is 4.12. The van der Waals surface area contributed by atoms with Crippen LogP contribution in [0.2, 0.25) is 0 Å². The van der Waals surface area contributed by atoms with Gasteiger partial charge in [-0.05, 0) is 49.7 Å². The first-order valence-electron chi connectivity index (χ1n) is 8.74. The first kappa shape index (κ1) is 14.0. The first-order valence-corrected chi connectivity index (χ1v) is 8.74. The van der Waals surface area contributed by atoms with Crippen molar-refractivity contribution >= 4 is 0 Å². The van der Waals surface area contributed by atoms with Crippen LogP contribution in [0.1, 0.15) is 70.3 Å². The van der Waals surface area contributed by atoms with Gasteiger partial charge in [-0.2, -0.15) is 0 Å². The van der Waals surface area contributed by atoms with E-state index in [9.17, 15) is 0 Å². The van der Waals surface area contributed by atoms with Crippen LogP contribution in [0, 0.1) is 11.8 Å². The van der Waals surface area contributed by atoms with Crippen molar-refractivity contribution in [1.82, 2.24) is 4.57 Å². The quantitative estimate of drug-likeness (QED) is 0.615. The molecule has 2 aliphatic rings. The molecular weight excluding hydrogens is 242 g/mol. The highest BCUT2D eigenvalue weighted by Crippen LogP contribution is 2.35. The number of allylic oxidation sites excluding steroid dienone is 2. The molecule has 1 aromatic heterocycles. The molecule has 0 saturated heterocycles. The second-order valence-electron chi connectivity index (χ2n) is 6.80. The van der Waals surface area contributed by atoms with Crippen molar-refractivity contribution in [2.24, 2.45) is 11.8 Å². The van der Waals surface area contributed by atoms with Crippen LogP contribution in [0.5, 0.6) is 0 Å². The lowest BCUT2D eigenvalue weighted by Crippen LogP contribution is -2.19. The monoisotopic (exact) mass is 271 g/mol. The maximum absolute atomic E-state index is 2.55. The Morgan fingerprint density at radius 3 is 2.05 bits per heavy atom. The van der Waals surface area contributed by atoms with Crippen molar-refractivity contribution in [2.45, 2.75) is 70.3 Å². The van der Waals surface area contributed by atoms with E-state index < -0.39 is 0 Å². The van der Waals surface area contributed by atoms with Gasteiger partial charge in [0.25, 0.3) is 0 Å². The molecule has 0 spiro atoms. The Labute approximate surface area is 124 Å². The van der Waals surface area contributed by atoms with Crippen LogP contribution < -0.4 is 0 Å². The Balaban J connectivity index is 1.69.